The Labute approximate surface area is 122 Å². The number of rotatable bonds is 11. The summed E-state index contributed by atoms with van der Waals surface area (Å²) in [5.41, 5.74) is -1.14. The highest BCUT2D eigenvalue weighted by atomic mass is 16.6. The monoisotopic (exact) mass is 284 g/mol. The molecule has 0 rings (SSSR count). The van der Waals surface area contributed by atoms with E-state index in [0.29, 0.717) is 12.8 Å². The third-order valence-electron chi connectivity index (χ3n) is 3.45. The van der Waals surface area contributed by atoms with Gasteiger partial charge in [0.1, 0.15) is 0 Å². The Morgan fingerprint density at radius 2 is 1.55 bits per heavy atom. The first kappa shape index (κ1) is 18.7. The molecule has 0 fully saturated rings. The van der Waals surface area contributed by atoms with Crippen molar-refractivity contribution in [2.45, 2.75) is 59.3 Å². The number of carbonyl (C=O) groups is 2. The highest BCUT2D eigenvalue weighted by molar-refractivity contribution is 6.00. The molecule has 0 heterocycles. The van der Waals surface area contributed by atoms with E-state index in [1.54, 1.807) is 13.8 Å². The highest BCUT2D eigenvalue weighted by Crippen LogP contribution is 2.32. The van der Waals surface area contributed by atoms with Gasteiger partial charge in [-0.3, -0.25) is 9.59 Å². The Balaban J connectivity index is 4.78. The van der Waals surface area contributed by atoms with E-state index >= 15 is 0 Å². The number of ether oxygens (including phenoxy) is 2. The molecule has 0 spiro atoms. The van der Waals surface area contributed by atoms with Gasteiger partial charge in [0, 0.05) is 0 Å². The molecular weight excluding hydrogens is 256 g/mol. The average molecular weight is 284 g/mol. The summed E-state index contributed by atoms with van der Waals surface area (Å²) in [6.45, 7) is 9.55. The Kier molecular flexibility index (Phi) is 9.77. The maximum atomic E-state index is 12.2. The van der Waals surface area contributed by atoms with Crippen molar-refractivity contribution in [3.63, 3.8) is 0 Å². The summed E-state index contributed by atoms with van der Waals surface area (Å²) in [6, 6.07) is 0. The molecule has 0 bridgehead atoms. The van der Waals surface area contributed by atoms with E-state index in [1.807, 2.05) is 13.0 Å². The van der Waals surface area contributed by atoms with E-state index in [0.717, 1.165) is 25.7 Å². The van der Waals surface area contributed by atoms with Crippen molar-refractivity contribution in [2.75, 3.05) is 13.2 Å². The minimum Gasteiger partial charge on any atom is -0.465 e. The fourth-order valence-electron chi connectivity index (χ4n) is 2.18. The van der Waals surface area contributed by atoms with Crippen LogP contribution in [0.15, 0.2) is 12.7 Å². The fourth-order valence-corrected chi connectivity index (χ4v) is 2.18. The minimum absolute atomic E-state index is 0.274. The largest absolute Gasteiger partial charge is 0.465 e. The van der Waals surface area contributed by atoms with E-state index in [4.69, 9.17) is 9.47 Å². The van der Waals surface area contributed by atoms with Crippen LogP contribution in [-0.4, -0.2) is 25.2 Å². The first-order chi connectivity index (χ1) is 9.58. The normalized spacial score (nSPS) is 10.9. The standard InChI is InChI=1S/C16H28O4/c1-5-9-10-11-12-13-16(6-2,14(17)19-7-3)15(18)20-8-4/h5H,1,6-13H2,2-4H3. The van der Waals surface area contributed by atoms with E-state index in [9.17, 15) is 9.59 Å². The molecule has 0 saturated carbocycles. The van der Waals surface area contributed by atoms with Crippen molar-refractivity contribution >= 4 is 11.9 Å². The number of esters is 2. The van der Waals surface area contributed by atoms with Crippen LogP contribution >= 0.6 is 0 Å². The molecule has 0 aliphatic rings. The zero-order valence-electron chi connectivity index (χ0n) is 13.1. The van der Waals surface area contributed by atoms with Crippen LogP contribution in [0.25, 0.3) is 0 Å². The van der Waals surface area contributed by atoms with Crippen LogP contribution in [0.1, 0.15) is 59.3 Å². The van der Waals surface area contributed by atoms with E-state index in [1.165, 1.54) is 0 Å². The first-order valence-corrected chi connectivity index (χ1v) is 7.54. The van der Waals surface area contributed by atoms with Gasteiger partial charge in [0.15, 0.2) is 5.41 Å². The number of unbranched alkanes of at least 4 members (excludes halogenated alkanes) is 3. The van der Waals surface area contributed by atoms with Crippen LogP contribution in [0.5, 0.6) is 0 Å². The third kappa shape index (κ3) is 5.35. The van der Waals surface area contributed by atoms with Crippen LogP contribution in [0.2, 0.25) is 0 Å². The lowest BCUT2D eigenvalue weighted by Gasteiger charge is -2.27. The second kappa shape index (κ2) is 10.5. The van der Waals surface area contributed by atoms with Crippen molar-refractivity contribution in [1.82, 2.24) is 0 Å². The lowest BCUT2D eigenvalue weighted by molar-refractivity contribution is -0.173. The Bertz CT molecular complexity index is 292. The van der Waals surface area contributed by atoms with Gasteiger partial charge >= 0.3 is 11.9 Å². The van der Waals surface area contributed by atoms with Crippen molar-refractivity contribution in [2.24, 2.45) is 5.41 Å². The Morgan fingerprint density at radius 3 is 1.95 bits per heavy atom. The predicted molar refractivity (Wildman–Crippen MR) is 79.3 cm³/mol. The Hall–Kier alpha value is -1.32. The lowest BCUT2D eigenvalue weighted by atomic mass is 9.80. The van der Waals surface area contributed by atoms with Gasteiger partial charge in [-0.05, 0) is 39.5 Å². The molecule has 0 amide bonds. The molecular formula is C16H28O4. The van der Waals surface area contributed by atoms with Gasteiger partial charge in [0.2, 0.25) is 0 Å². The SMILES string of the molecule is C=CCCCCCC(CC)(C(=O)OCC)C(=O)OCC. The smallest absolute Gasteiger partial charge is 0.323 e. The molecule has 4 heteroatoms. The minimum atomic E-state index is -1.14. The molecule has 0 aromatic heterocycles. The number of allylic oxidation sites excluding steroid dienone is 1. The van der Waals surface area contributed by atoms with Crippen molar-refractivity contribution in [1.29, 1.82) is 0 Å². The van der Waals surface area contributed by atoms with E-state index in [2.05, 4.69) is 6.58 Å². The van der Waals surface area contributed by atoms with Crippen LogP contribution in [0, 0.1) is 5.41 Å². The molecule has 0 radical (unpaired) electrons. The quantitative estimate of drug-likeness (QED) is 0.251. The van der Waals surface area contributed by atoms with Crippen molar-refractivity contribution < 1.29 is 19.1 Å². The third-order valence-corrected chi connectivity index (χ3v) is 3.45. The van der Waals surface area contributed by atoms with E-state index in [-0.39, 0.29) is 13.2 Å². The maximum Gasteiger partial charge on any atom is 0.323 e. The molecule has 0 unspecified atom stereocenters. The molecule has 0 aromatic rings. The summed E-state index contributed by atoms with van der Waals surface area (Å²) in [5.74, 6) is -0.908. The fraction of sp³-hybridized carbons (Fsp3) is 0.750. The highest BCUT2D eigenvalue weighted by Gasteiger charge is 2.46. The summed E-state index contributed by atoms with van der Waals surface area (Å²) in [5, 5.41) is 0. The molecule has 0 atom stereocenters. The van der Waals surface area contributed by atoms with Gasteiger partial charge < -0.3 is 9.47 Å². The molecule has 4 nitrogen and oxygen atoms in total. The van der Waals surface area contributed by atoms with E-state index < -0.39 is 17.4 Å². The van der Waals surface area contributed by atoms with Crippen molar-refractivity contribution in [3.05, 3.63) is 12.7 Å². The topological polar surface area (TPSA) is 52.6 Å². The maximum absolute atomic E-state index is 12.2. The molecule has 0 N–H and O–H groups in total. The molecule has 0 aliphatic carbocycles. The molecule has 0 saturated heterocycles. The lowest BCUT2D eigenvalue weighted by Crippen LogP contribution is -2.41. The second-order valence-electron chi connectivity index (χ2n) is 4.76. The first-order valence-electron chi connectivity index (χ1n) is 7.54. The molecule has 0 aliphatic heterocycles. The Morgan fingerprint density at radius 1 is 1.00 bits per heavy atom. The zero-order chi connectivity index (χ0) is 15.4. The molecule has 116 valence electrons. The number of hydrogen-bond donors (Lipinski definition) is 0. The van der Waals surface area contributed by atoms with Crippen LogP contribution in [0.4, 0.5) is 0 Å². The average Bonchev–Trinajstić information content (AvgIpc) is 2.43. The van der Waals surface area contributed by atoms with Gasteiger partial charge in [-0.1, -0.05) is 25.8 Å². The van der Waals surface area contributed by atoms with Crippen molar-refractivity contribution in [3.8, 4) is 0 Å². The van der Waals surface area contributed by atoms with Gasteiger partial charge in [0.25, 0.3) is 0 Å². The van der Waals surface area contributed by atoms with Gasteiger partial charge in [-0.2, -0.15) is 0 Å². The van der Waals surface area contributed by atoms with Crippen LogP contribution in [0.3, 0.4) is 0 Å². The summed E-state index contributed by atoms with van der Waals surface area (Å²) in [7, 11) is 0. The number of carbonyl (C=O) groups excluding carboxylic acids is 2. The van der Waals surface area contributed by atoms with Crippen LogP contribution < -0.4 is 0 Å². The summed E-state index contributed by atoms with van der Waals surface area (Å²) < 4.78 is 10.2. The summed E-state index contributed by atoms with van der Waals surface area (Å²) in [4.78, 5) is 24.4. The number of hydrogen-bond acceptors (Lipinski definition) is 4. The summed E-state index contributed by atoms with van der Waals surface area (Å²) in [6.07, 6.45) is 6.52. The van der Waals surface area contributed by atoms with Gasteiger partial charge in [-0.25, -0.2) is 0 Å². The predicted octanol–water partition coefficient (Wildman–Crippen LogP) is 3.65. The summed E-state index contributed by atoms with van der Waals surface area (Å²) >= 11 is 0. The van der Waals surface area contributed by atoms with Gasteiger partial charge in [-0.15, -0.1) is 6.58 Å². The molecule has 20 heavy (non-hydrogen) atoms. The molecule has 0 aromatic carbocycles. The zero-order valence-corrected chi connectivity index (χ0v) is 13.1. The van der Waals surface area contributed by atoms with Gasteiger partial charge in [0.05, 0.1) is 13.2 Å². The van der Waals surface area contributed by atoms with Crippen LogP contribution in [-0.2, 0) is 19.1 Å². The second-order valence-corrected chi connectivity index (χ2v) is 4.76.